The third kappa shape index (κ3) is 11.3. The molecule has 6 heterocycles. The summed E-state index contributed by atoms with van der Waals surface area (Å²) in [5.74, 6) is 0. The number of hydrogen-bond donors (Lipinski definition) is 1. The fourth-order valence-corrected chi connectivity index (χ4v) is 3.98. The van der Waals surface area contributed by atoms with Crippen LogP contribution < -0.4 is 5.73 Å². The zero-order chi connectivity index (χ0) is 29.2. The Morgan fingerprint density at radius 1 is 0.465 bits per heavy atom. The van der Waals surface area contributed by atoms with Crippen LogP contribution in [0.3, 0.4) is 0 Å². The van der Waals surface area contributed by atoms with Gasteiger partial charge >= 0.3 is 0 Å². The van der Waals surface area contributed by atoms with Gasteiger partial charge in [-0.25, -0.2) is 0 Å². The van der Waals surface area contributed by atoms with E-state index in [9.17, 15) is 0 Å². The smallest absolute Gasteiger partial charge is 0.0888 e. The van der Waals surface area contributed by atoms with Crippen LogP contribution >= 0.6 is 0 Å². The Morgan fingerprint density at radius 3 is 1.28 bits per heavy atom. The van der Waals surface area contributed by atoms with E-state index in [1.54, 1.807) is 24.8 Å². The summed E-state index contributed by atoms with van der Waals surface area (Å²) in [5, 5.41) is 0. The predicted octanol–water partition coefficient (Wildman–Crippen LogP) is 7.02. The van der Waals surface area contributed by atoms with Crippen molar-refractivity contribution in [2.45, 2.75) is 26.2 Å². The molecule has 0 saturated heterocycles. The van der Waals surface area contributed by atoms with Crippen molar-refractivity contribution in [1.29, 1.82) is 0 Å². The summed E-state index contributed by atoms with van der Waals surface area (Å²) in [5.41, 5.74) is 13.6. The Labute approximate surface area is 266 Å². The molecular formula is C35H35N7Ru. The first kappa shape index (κ1) is 33.0. The van der Waals surface area contributed by atoms with Gasteiger partial charge in [-0.05, 0) is 117 Å². The molecule has 0 amide bonds. The van der Waals surface area contributed by atoms with E-state index < -0.39 is 0 Å². The van der Waals surface area contributed by atoms with E-state index in [1.807, 2.05) is 91.3 Å². The molecular weight excluding hydrogens is 620 g/mol. The molecule has 0 aromatic carbocycles. The molecule has 6 aromatic rings. The first-order valence-corrected chi connectivity index (χ1v) is 14.0. The number of rotatable bonds is 7. The van der Waals surface area contributed by atoms with Crippen molar-refractivity contribution in [2.24, 2.45) is 5.73 Å². The van der Waals surface area contributed by atoms with E-state index >= 15 is 0 Å². The summed E-state index contributed by atoms with van der Waals surface area (Å²) in [7, 11) is 0. The van der Waals surface area contributed by atoms with Gasteiger partial charge in [0.15, 0.2) is 0 Å². The van der Waals surface area contributed by atoms with Crippen molar-refractivity contribution >= 4 is 0 Å². The van der Waals surface area contributed by atoms with Gasteiger partial charge in [0.1, 0.15) is 0 Å². The standard InChI is InChI=1S/C15H19N3.2C10H8N2.Ru/c1-12-5-8-17-14(10-12)15-11-13(6-9-18-15)4-2-3-7-16;2*1-3-7-11-9(5-1)10-6-2-4-8-12-10;/h5-6,8-11H,2-4,7,16H2,1H3;2*1-8H;. The van der Waals surface area contributed by atoms with Crippen LogP contribution in [0.2, 0.25) is 0 Å². The Bertz CT molecular complexity index is 1440. The molecule has 0 aliphatic rings. The molecule has 0 radical (unpaired) electrons. The molecule has 0 aliphatic carbocycles. The molecule has 0 fully saturated rings. The largest absolute Gasteiger partial charge is 0.330 e. The van der Waals surface area contributed by atoms with Crippen LogP contribution in [0.1, 0.15) is 24.0 Å². The second-order valence-corrected chi connectivity index (χ2v) is 9.37. The second kappa shape index (κ2) is 18.8. The summed E-state index contributed by atoms with van der Waals surface area (Å²) in [6, 6.07) is 31.4. The van der Waals surface area contributed by atoms with Crippen LogP contribution in [0.5, 0.6) is 0 Å². The van der Waals surface area contributed by atoms with Crippen molar-refractivity contribution in [1.82, 2.24) is 29.9 Å². The summed E-state index contributed by atoms with van der Waals surface area (Å²) < 4.78 is 0. The third-order valence-corrected chi connectivity index (χ3v) is 6.11. The predicted molar refractivity (Wildman–Crippen MR) is 169 cm³/mol. The van der Waals surface area contributed by atoms with Gasteiger partial charge in [0.25, 0.3) is 0 Å². The SMILES string of the molecule is Cc1ccnc(-c2cc(CCCCN)ccn2)c1.[Ru].c1ccc(-c2ccccn2)nc1.c1ccc(-c2ccccn2)nc1. The van der Waals surface area contributed by atoms with Crippen LogP contribution in [0.15, 0.2) is 134 Å². The van der Waals surface area contributed by atoms with Crippen molar-refractivity contribution in [3.63, 3.8) is 0 Å². The second-order valence-electron chi connectivity index (χ2n) is 9.37. The first-order valence-electron chi connectivity index (χ1n) is 14.0. The van der Waals surface area contributed by atoms with E-state index in [0.29, 0.717) is 0 Å². The van der Waals surface area contributed by atoms with Crippen LogP contribution in [-0.4, -0.2) is 36.4 Å². The normalized spacial score (nSPS) is 9.81. The summed E-state index contributed by atoms with van der Waals surface area (Å²) in [6.45, 7) is 2.83. The first-order chi connectivity index (χ1) is 20.7. The molecule has 0 aliphatic heterocycles. The molecule has 218 valence electrons. The molecule has 8 heteroatoms. The van der Waals surface area contributed by atoms with Gasteiger partial charge in [-0.2, -0.15) is 0 Å². The minimum atomic E-state index is 0. The molecule has 0 unspecified atom stereocenters. The average molecular weight is 655 g/mol. The van der Waals surface area contributed by atoms with Crippen LogP contribution in [-0.2, 0) is 25.9 Å². The van der Waals surface area contributed by atoms with Crippen molar-refractivity contribution < 1.29 is 19.5 Å². The van der Waals surface area contributed by atoms with E-state index in [4.69, 9.17) is 5.73 Å². The van der Waals surface area contributed by atoms with Crippen LogP contribution in [0, 0.1) is 6.92 Å². The summed E-state index contributed by atoms with van der Waals surface area (Å²) in [4.78, 5) is 25.5. The molecule has 43 heavy (non-hydrogen) atoms. The number of aryl methyl sites for hydroxylation is 2. The minimum absolute atomic E-state index is 0. The quantitative estimate of drug-likeness (QED) is 0.146. The Hall–Kier alpha value is -4.52. The maximum Gasteiger partial charge on any atom is 0.0888 e. The van der Waals surface area contributed by atoms with Gasteiger partial charge in [-0.3, -0.25) is 29.9 Å². The zero-order valence-corrected chi connectivity index (χ0v) is 25.9. The number of nitrogens with zero attached hydrogens (tertiary/aromatic N) is 6. The van der Waals surface area contributed by atoms with Crippen molar-refractivity contribution in [2.75, 3.05) is 6.54 Å². The number of pyridine rings is 6. The molecule has 2 N–H and O–H groups in total. The Kier molecular flexibility index (Phi) is 14.4. The summed E-state index contributed by atoms with van der Waals surface area (Å²) >= 11 is 0. The number of nitrogens with two attached hydrogens (primary N) is 1. The van der Waals surface area contributed by atoms with Gasteiger partial charge in [0.05, 0.1) is 34.2 Å². The molecule has 0 atom stereocenters. The van der Waals surface area contributed by atoms with Gasteiger partial charge < -0.3 is 5.73 Å². The van der Waals surface area contributed by atoms with Gasteiger partial charge in [-0.15, -0.1) is 0 Å². The topological polar surface area (TPSA) is 103 Å². The maximum atomic E-state index is 5.51. The number of hydrogen-bond acceptors (Lipinski definition) is 7. The van der Waals surface area contributed by atoms with Gasteiger partial charge in [0.2, 0.25) is 0 Å². The van der Waals surface area contributed by atoms with E-state index in [2.05, 4.69) is 55.0 Å². The average Bonchev–Trinajstić information content (AvgIpc) is 3.07. The molecule has 6 rings (SSSR count). The van der Waals surface area contributed by atoms with E-state index in [-0.39, 0.29) is 19.5 Å². The molecule has 0 spiro atoms. The van der Waals surface area contributed by atoms with Crippen LogP contribution in [0.4, 0.5) is 0 Å². The summed E-state index contributed by atoms with van der Waals surface area (Å²) in [6.07, 6.45) is 14.0. The van der Waals surface area contributed by atoms with E-state index in [0.717, 1.165) is 60.0 Å². The van der Waals surface area contributed by atoms with Gasteiger partial charge in [0, 0.05) is 56.7 Å². The fourth-order valence-electron chi connectivity index (χ4n) is 3.98. The number of aromatic nitrogens is 6. The third-order valence-electron chi connectivity index (χ3n) is 6.11. The Morgan fingerprint density at radius 2 is 0.884 bits per heavy atom. The van der Waals surface area contributed by atoms with Crippen molar-refractivity contribution in [3.05, 3.63) is 145 Å². The minimum Gasteiger partial charge on any atom is -0.330 e. The van der Waals surface area contributed by atoms with E-state index in [1.165, 1.54) is 11.1 Å². The fraction of sp³-hybridized carbons (Fsp3) is 0.143. The van der Waals surface area contributed by atoms with Gasteiger partial charge in [-0.1, -0.05) is 24.3 Å². The zero-order valence-electron chi connectivity index (χ0n) is 24.1. The maximum absolute atomic E-state index is 5.51. The number of unbranched alkanes of at least 4 members (excludes halogenated alkanes) is 1. The molecule has 0 bridgehead atoms. The Balaban J connectivity index is 0.000000180. The van der Waals surface area contributed by atoms with Crippen LogP contribution in [0.25, 0.3) is 34.2 Å². The molecule has 7 nitrogen and oxygen atoms in total. The molecule has 6 aromatic heterocycles. The molecule has 0 saturated carbocycles. The monoisotopic (exact) mass is 655 g/mol. The van der Waals surface area contributed by atoms with Crippen molar-refractivity contribution in [3.8, 4) is 34.2 Å².